The van der Waals surface area contributed by atoms with Crippen molar-refractivity contribution in [2.75, 3.05) is 0 Å². The Balaban J connectivity index is 2.06. The van der Waals surface area contributed by atoms with Gasteiger partial charge in [0, 0.05) is 23.7 Å². The third-order valence-electron chi connectivity index (χ3n) is 3.28. The van der Waals surface area contributed by atoms with Gasteiger partial charge in [-0.1, -0.05) is 29.8 Å². The number of hydrogen-bond acceptors (Lipinski definition) is 2. The van der Waals surface area contributed by atoms with E-state index in [4.69, 9.17) is 11.6 Å². The van der Waals surface area contributed by atoms with Crippen molar-refractivity contribution in [2.45, 2.75) is 0 Å². The Labute approximate surface area is 121 Å². The van der Waals surface area contributed by atoms with E-state index >= 15 is 0 Å². The van der Waals surface area contributed by atoms with Crippen molar-refractivity contribution in [1.82, 2.24) is 4.57 Å². The predicted molar refractivity (Wildman–Crippen MR) is 83.3 cm³/mol. The Morgan fingerprint density at radius 1 is 1.10 bits per heavy atom. The minimum atomic E-state index is 0.212. The molecule has 0 bridgehead atoms. The Hall–Kier alpha value is -2.26. The average Bonchev–Trinajstić information content (AvgIpc) is 2.71. The van der Waals surface area contributed by atoms with Crippen LogP contribution in [0.3, 0.4) is 0 Å². The SMILES string of the molecule is Cn1c(O)c(C=Nc2ccc(Cl)cc2)c2ccccc21. The predicted octanol–water partition coefficient (Wildman–Crippen LogP) is 4.29. The summed E-state index contributed by atoms with van der Waals surface area (Å²) >= 11 is 5.84. The summed E-state index contributed by atoms with van der Waals surface area (Å²) in [6, 6.07) is 15.1. The highest BCUT2D eigenvalue weighted by Crippen LogP contribution is 2.29. The Morgan fingerprint density at radius 2 is 1.80 bits per heavy atom. The topological polar surface area (TPSA) is 37.5 Å². The molecule has 100 valence electrons. The normalized spacial score (nSPS) is 11.5. The van der Waals surface area contributed by atoms with Crippen molar-refractivity contribution >= 4 is 34.4 Å². The molecule has 1 aromatic heterocycles. The smallest absolute Gasteiger partial charge is 0.200 e. The molecule has 0 unspecified atom stereocenters. The van der Waals surface area contributed by atoms with Gasteiger partial charge in [0.2, 0.25) is 5.88 Å². The lowest BCUT2D eigenvalue weighted by molar-refractivity contribution is 0.434. The van der Waals surface area contributed by atoms with Gasteiger partial charge in [-0.2, -0.15) is 0 Å². The number of aliphatic imine (C=N–C) groups is 1. The molecule has 0 aliphatic rings. The number of hydrogen-bond donors (Lipinski definition) is 1. The number of aryl methyl sites for hydroxylation is 1. The zero-order valence-electron chi connectivity index (χ0n) is 10.9. The fraction of sp³-hybridized carbons (Fsp3) is 0.0625. The van der Waals surface area contributed by atoms with Gasteiger partial charge in [-0.3, -0.25) is 4.99 Å². The lowest BCUT2D eigenvalue weighted by Crippen LogP contribution is -1.85. The summed E-state index contributed by atoms with van der Waals surface area (Å²) < 4.78 is 1.75. The maximum Gasteiger partial charge on any atom is 0.200 e. The lowest BCUT2D eigenvalue weighted by Gasteiger charge is -1.96. The number of halogens is 1. The Kier molecular flexibility index (Phi) is 3.20. The van der Waals surface area contributed by atoms with E-state index in [1.807, 2.05) is 43.4 Å². The summed E-state index contributed by atoms with van der Waals surface area (Å²) in [6.45, 7) is 0. The minimum absolute atomic E-state index is 0.212. The first-order chi connectivity index (χ1) is 9.66. The summed E-state index contributed by atoms with van der Waals surface area (Å²) in [5.74, 6) is 0.212. The molecule has 0 aliphatic carbocycles. The summed E-state index contributed by atoms with van der Waals surface area (Å²) in [7, 11) is 1.83. The van der Waals surface area contributed by atoms with Gasteiger partial charge in [0.1, 0.15) is 0 Å². The van der Waals surface area contributed by atoms with Crippen LogP contribution in [-0.4, -0.2) is 15.9 Å². The van der Waals surface area contributed by atoms with E-state index in [9.17, 15) is 5.11 Å². The number of para-hydroxylation sites is 1. The molecular weight excluding hydrogens is 272 g/mol. The van der Waals surface area contributed by atoms with Crippen LogP contribution in [0.2, 0.25) is 5.02 Å². The second-order valence-electron chi connectivity index (χ2n) is 4.55. The molecule has 1 N–H and O–H groups in total. The molecule has 0 fully saturated rings. The van der Waals surface area contributed by atoms with Gasteiger partial charge in [-0.15, -0.1) is 0 Å². The van der Waals surface area contributed by atoms with E-state index in [-0.39, 0.29) is 5.88 Å². The summed E-state index contributed by atoms with van der Waals surface area (Å²) in [5, 5.41) is 11.8. The van der Waals surface area contributed by atoms with Crippen LogP contribution >= 0.6 is 11.6 Å². The zero-order chi connectivity index (χ0) is 14.1. The summed E-state index contributed by atoms with van der Waals surface area (Å²) in [4.78, 5) is 4.38. The van der Waals surface area contributed by atoms with Crippen molar-refractivity contribution in [3.63, 3.8) is 0 Å². The number of rotatable bonds is 2. The fourth-order valence-electron chi connectivity index (χ4n) is 2.20. The van der Waals surface area contributed by atoms with Crippen LogP contribution in [0.1, 0.15) is 5.56 Å². The third-order valence-corrected chi connectivity index (χ3v) is 3.54. The monoisotopic (exact) mass is 284 g/mol. The zero-order valence-corrected chi connectivity index (χ0v) is 11.7. The van der Waals surface area contributed by atoms with Crippen LogP contribution in [0, 0.1) is 0 Å². The van der Waals surface area contributed by atoms with E-state index in [1.54, 1.807) is 22.9 Å². The second kappa shape index (κ2) is 5.02. The van der Waals surface area contributed by atoms with E-state index in [0.717, 1.165) is 22.2 Å². The van der Waals surface area contributed by atoms with Crippen LogP contribution in [0.4, 0.5) is 5.69 Å². The fourth-order valence-corrected chi connectivity index (χ4v) is 2.33. The molecular formula is C16H13ClN2O. The molecule has 1 heterocycles. The van der Waals surface area contributed by atoms with Crippen molar-refractivity contribution in [1.29, 1.82) is 0 Å². The molecule has 2 aromatic carbocycles. The molecule has 0 aliphatic heterocycles. The number of nitrogens with zero attached hydrogens (tertiary/aromatic N) is 2. The molecule has 0 atom stereocenters. The number of benzene rings is 2. The number of aromatic hydroxyl groups is 1. The first kappa shape index (κ1) is 12.8. The van der Waals surface area contributed by atoms with E-state index < -0.39 is 0 Å². The van der Waals surface area contributed by atoms with Crippen molar-refractivity contribution < 1.29 is 5.11 Å². The first-order valence-electron chi connectivity index (χ1n) is 6.23. The lowest BCUT2D eigenvalue weighted by atomic mass is 10.2. The van der Waals surface area contributed by atoms with Crippen LogP contribution in [0.5, 0.6) is 5.88 Å². The largest absolute Gasteiger partial charge is 0.494 e. The van der Waals surface area contributed by atoms with Crippen molar-refractivity contribution in [2.24, 2.45) is 12.0 Å². The highest BCUT2D eigenvalue weighted by molar-refractivity contribution is 6.30. The van der Waals surface area contributed by atoms with Gasteiger partial charge in [0.05, 0.1) is 16.8 Å². The first-order valence-corrected chi connectivity index (χ1v) is 6.60. The van der Waals surface area contributed by atoms with Gasteiger partial charge in [0.25, 0.3) is 0 Å². The van der Waals surface area contributed by atoms with Crippen molar-refractivity contribution in [3.8, 4) is 5.88 Å². The van der Waals surface area contributed by atoms with Gasteiger partial charge in [0.15, 0.2) is 0 Å². The molecule has 4 heteroatoms. The maximum absolute atomic E-state index is 10.2. The average molecular weight is 285 g/mol. The maximum atomic E-state index is 10.2. The number of aromatic nitrogens is 1. The van der Waals surface area contributed by atoms with Gasteiger partial charge < -0.3 is 9.67 Å². The highest BCUT2D eigenvalue weighted by atomic mass is 35.5. The molecule has 3 rings (SSSR count). The quantitative estimate of drug-likeness (QED) is 0.701. The van der Waals surface area contributed by atoms with E-state index in [1.165, 1.54) is 0 Å². The van der Waals surface area contributed by atoms with Crippen LogP contribution in [0.25, 0.3) is 10.9 Å². The molecule has 3 nitrogen and oxygen atoms in total. The molecule has 0 saturated heterocycles. The molecule has 3 aromatic rings. The summed E-state index contributed by atoms with van der Waals surface area (Å²) in [5.41, 5.74) is 2.49. The minimum Gasteiger partial charge on any atom is -0.494 e. The Bertz CT molecular complexity index is 788. The molecule has 0 spiro atoms. The Morgan fingerprint density at radius 3 is 2.55 bits per heavy atom. The van der Waals surface area contributed by atoms with Gasteiger partial charge in [-0.05, 0) is 30.3 Å². The molecule has 20 heavy (non-hydrogen) atoms. The van der Waals surface area contributed by atoms with Crippen LogP contribution in [0.15, 0.2) is 53.5 Å². The van der Waals surface area contributed by atoms with E-state index in [0.29, 0.717) is 5.02 Å². The third kappa shape index (κ3) is 2.17. The molecule has 0 radical (unpaired) electrons. The van der Waals surface area contributed by atoms with E-state index in [2.05, 4.69) is 4.99 Å². The molecule has 0 amide bonds. The highest BCUT2D eigenvalue weighted by Gasteiger charge is 2.11. The van der Waals surface area contributed by atoms with Crippen LogP contribution in [-0.2, 0) is 7.05 Å². The number of fused-ring (bicyclic) bond motifs is 1. The summed E-state index contributed by atoms with van der Waals surface area (Å²) in [6.07, 6.45) is 1.68. The molecule has 0 saturated carbocycles. The second-order valence-corrected chi connectivity index (χ2v) is 4.98. The van der Waals surface area contributed by atoms with Crippen molar-refractivity contribution in [3.05, 3.63) is 59.1 Å². The van der Waals surface area contributed by atoms with Gasteiger partial charge >= 0.3 is 0 Å². The van der Waals surface area contributed by atoms with Crippen LogP contribution < -0.4 is 0 Å². The van der Waals surface area contributed by atoms with Gasteiger partial charge in [-0.25, -0.2) is 0 Å². The standard InChI is InChI=1S/C16H13ClN2O/c1-19-15-5-3-2-4-13(15)14(16(19)20)10-18-12-8-6-11(17)7-9-12/h2-10,20H,1H3.